The first kappa shape index (κ1) is 13.3. The second kappa shape index (κ2) is 5.04. The van der Waals surface area contributed by atoms with E-state index in [9.17, 15) is 9.59 Å². The molecule has 0 amide bonds. The van der Waals surface area contributed by atoms with Crippen molar-refractivity contribution in [2.24, 2.45) is 0 Å². The Morgan fingerprint density at radius 3 is 2.57 bits per heavy atom. The third-order valence-electron chi connectivity index (χ3n) is 3.13. The van der Waals surface area contributed by atoms with Gasteiger partial charge in [-0.1, -0.05) is 28.1 Å². The molecular weight excluding hydrogens is 334 g/mol. The lowest BCUT2D eigenvalue weighted by molar-refractivity contribution is 0.890. The van der Waals surface area contributed by atoms with Crippen molar-refractivity contribution in [2.75, 3.05) is 0 Å². The second-order valence-corrected chi connectivity index (χ2v) is 5.38. The van der Waals surface area contributed by atoms with Crippen LogP contribution >= 0.6 is 15.9 Å². The van der Waals surface area contributed by atoms with E-state index in [0.717, 1.165) is 15.2 Å². The third-order valence-corrected chi connectivity index (χ3v) is 3.62. The van der Waals surface area contributed by atoms with Crippen LogP contribution in [0.2, 0.25) is 0 Å². The maximum absolute atomic E-state index is 11.9. The largest absolute Gasteiger partial charge is 0.332 e. The van der Waals surface area contributed by atoms with Gasteiger partial charge in [0, 0.05) is 10.7 Å². The first-order chi connectivity index (χ1) is 10.1. The molecule has 3 rings (SSSR count). The van der Waals surface area contributed by atoms with Crippen molar-refractivity contribution in [1.29, 1.82) is 5.26 Å². The summed E-state index contributed by atoms with van der Waals surface area (Å²) in [7, 11) is 0. The fraction of sp³-hybridized carbons (Fsp3) is 0. The molecule has 0 fully saturated rings. The number of nitrogens with one attached hydrogen (secondary N) is 1. The lowest BCUT2D eigenvalue weighted by Crippen LogP contribution is -2.30. The Morgan fingerprint density at radius 1 is 1.10 bits per heavy atom. The van der Waals surface area contributed by atoms with Crippen molar-refractivity contribution in [2.45, 2.75) is 0 Å². The summed E-state index contributed by atoms with van der Waals surface area (Å²) in [5, 5.41) is 10.9. The van der Waals surface area contributed by atoms with Gasteiger partial charge in [-0.2, -0.15) is 5.26 Å². The Bertz CT molecular complexity index is 1010. The number of fused-ring (bicyclic) bond motifs is 1. The van der Waals surface area contributed by atoms with Crippen LogP contribution in [0.5, 0.6) is 0 Å². The highest BCUT2D eigenvalue weighted by Gasteiger charge is 2.06. The number of halogens is 1. The zero-order valence-electron chi connectivity index (χ0n) is 10.6. The molecule has 1 N–H and O–H groups in total. The zero-order valence-corrected chi connectivity index (χ0v) is 12.2. The van der Waals surface area contributed by atoms with Gasteiger partial charge in [0.1, 0.15) is 11.6 Å². The highest BCUT2D eigenvalue weighted by atomic mass is 79.9. The third kappa shape index (κ3) is 2.39. The molecule has 1 heterocycles. The summed E-state index contributed by atoms with van der Waals surface area (Å²) in [5.41, 5.74) is -0.771. The second-order valence-electron chi connectivity index (χ2n) is 4.46. The summed E-state index contributed by atoms with van der Waals surface area (Å²) in [4.78, 5) is 25.4. The Kier molecular flexibility index (Phi) is 3.20. The van der Waals surface area contributed by atoms with Crippen molar-refractivity contribution in [3.8, 4) is 11.8 Å². The molecule has 0 atom stereocenters. The van der Waals surface area contributed by atoms with E-state index in [1.165, 1.54) is 10.8 Å². The Hall–Kier alpha value is -2.65. The maximum atomic E-state index is 11.9. The van der Waals surface area contributed by atoms with E-state index in [-0.39, 0.29) is 5.56 Å². The zero-order chi connectivity index (χ0) is 15.0. The van der Waals surface area contributed by atoms with E-state index in [0.29, 0.717) is 5.69 Å². The number of nitrogens with zero attached hydrogens (tertiary/aromatic N) is 2. The first-order valence-electron chi connectivity index (χ1n) is 6.04. The maximum Gasteiger partial charge on any atom is 0.332 e. The summed E-state index contributed by atoms with van der Waals surface area (Å²) >= 11 is 3.40. The van der Waals surface area contributed by atoms with Crippen LogP contribution in [0, 0.1) is 11.3 Å². The summed E-state index contributed by atoms with van der Waals surface area (Å²) in [6.07, 6.45) is 1.25. The van der Waals surface area contributed by atoms with Crippen LogP contribution in [0.4, 0.5) is 0 Å². The summed E-state index contributed by atoms with van der Waals surface area (Å²) in [6, 6.07) is 13.0. The summed E-state index contributed by atoms with van der Waals surface area (Å²) in [6.45, 7) is 0. The molecule has 0 aliphatic carbocycles. The molecule has 0 saturated carbocycles. The minimum atomic E-state index is -0.677. The molecule has 0 radical (unpaired) electrons. The highest BCUT2D eigenvalue weighted by molar-refractivity contribution is 9.10. The van der Waals surface area contributed by atoms with Gasteiger partial charge in [-0.25, -0.2) is 4.79 Å². The van der Waals surface area contributed by atoms with E-state index >= 15 is 0 Å². The molecule has 3 aromatic rings. The molecule has 5 nitrogen and oxygen atoms in total. The SMILES string of the molecule is N#Cc1cn(-c2ccc3cc(Br)ccc3c2)c(=O)[nH]c1=O. The van der Waals surface area contributed by atoms with E-state index in [1.54, 1.807) is 12.1 Å². The van der Waals surface area contributed by atoms with E-state index in [1.807, 2.05) is 30.3 Å². The minimum absolute atomic E-state index is 0.106. The van der Waals surface area contributed by atoms with Gasteiger partial charge >= 0.3 is 5.69 Å². The molecule has 21 heavy (non-hydrogen) atoms. The van der Waals surface area contributed by atoms with Crippen molar-refractivity contribution < 1.29 is 0 Å². The normalized spacial score (nSPS) is 10.5. The highest BCUT2D eigenvalue weighted by Crippen LogP contribution is 2.21. The Morgan fingerprint density at radius 2 is 1.81 bits per heavy atom. The lowest BCUT2D eigenvalue weighted by atomic mass is 10.1. The Labute approximate surface area is 127 Å². The molecule has 102 valence electrons. The van der Waals surface area contributed by atoms with Gasteiger partial charge in [0.05, 0.1) is 5.69 Å². The predicted octanol–water partition coefficient (Wildman–Crippen LogP) is 2.31. The van der Waals surface area contributed by atoms with Gasteiger partial charge in [-0.05, 0) is 35.0 Å². The molecule has 0 aliphatic rings. The van der Waals surface area contributed by atoms with Gasteiger partial charge < -0.3 is 0 Å². The van der Waals surface area contributed by atoms with E-state index < -0.39 is 11.2 Å². The standard InChI is InChI=1S/C15H8BrN3O2/c16-12-3-1-10-6-13(4-2-9(10)5-12)19-8-11(7-17)14(20)18-15(19)21/h1-6,8H,(H,18,20,21). The number of benzene rings is 2. The van der Waals surface area contributed by atoms with Gasteiger partial charge in [0.2, 0.25) is 0 Å². The summed E-state index contributed by atoms with van der Waals surface area (Å²) in [5.74, 6) is 0. The van der Waals surface area contributed by atoms with Crippen LogP contribution in [0.15, 0.2) is 56.7 Å². The quantitative estimate of drug-likeness (QED) is 0.737. The number of hydrogen-bond acceptors (Lipinski definition) is 3. The lowest BCUT2D eigenvalue weighted by Gasteiger charge is -2.07. The van der Waals surface area contributed by atoms with Crippen LogP contribution in [-0.2, 0) is 0 Å². The van der Waals surface area contributed by atoms with Crippen LogP contribution in [-0.4, -0.2) is 9.55 Å². The Balaban J connectivity index is 2.26. The van der Waals surface area contributed by atoms with Crippen LogP contribution in [0.25, 0.3) is 16.5 Å². The predicted molar refractivity (Wildman–Crippen MR) is 82.6 cm³/mol. The molecule has 0 bridgehead atoms. The van der Waals surface area contributed by atoms with Crippen molar-refractivity contribution in [3.63, 3.8) is 0 Å². The number of aromatic amines is 1. The van der Waals surface area contributed by atoms with Crippen molar-refractivity contribution in [3.05, 3.63) is 73.5 Å². The van der Waals surface area contributed by atoms with E-state index in [2.05, 4.69) is 20.9 Å². The fourth-order valence-electron chi connectivity index (χ4n) is 2.10. The monoisotopic (exact) mass is 341 g/mol. The summed E-state index contributed by atoms with van der Waals surface area (Å²) < 4.78 is 2.22. The van der Waals surface area contributed by atoms with Gasteiger partial charge in [-0.3, -0.25) is 14.3 Å². The van der Waals surface area contributed by atoms with Crippen LogP contribution in [0.3, 0.4) is 0 Å². The molecule has 0 aliphatic heterocycles. The van der Waals surface area contributed by atoms with Gasteiger partial charge in [-0.15, -0.1) is 0 Å². The fourth-order valence-corrected chi connectivity index (χ4v) is 2.48. The molecule has 0 saturated heterocycles. The van der Waals surface area contributed by atoms with Crippen LogP contribution in [0.1, 0.15) is 5.56 Å². The minimum Gasteiger partial charge on any atom is -0.273 e. The number of H-pyrrole nitrogens is 1. The molecule has 2 aromatic carbocycles. The number of nitriles is 1. The number of aromatic nitrogens is 2. The molecule has 1 aromatic heterocycles. The molecule has 0 unspecified atom stereocenters. The molecular formula is C15H8BrN3O2. The van der Waals surface area contributed by atoms with Crippen molar-refractivity contribution >= 4 is 26.7 Å². The van der Waals surface area contributed by atoms with Crippen molar-refractivity contribution in [1.82, 2.24) is 9.55 Å². The van der Waals surface area contributed by atoms with Gasteiger partial charge in [0.15, 0.2) is 0 Å². The smallest absolute Gasteiger partial charge is 0.273 e. The average Bonchev–Trinajstić information content (AvgIpc) is 2.47. The average molecular weight is 342 g/mol. The van der Waals surface area contributed by atoms with Crippen LogP contribution < -0.4 is 11.2 Å². The topological polar surface area (TPSA) is 78.7 Å². The number of rotatable bonds is 1. The number of hydrogen-bond donors (Lipinski definition) is 1. The first-order valence-corrected chi connectivity index (χ1v) is 6.83. The molecule has 0 spiro atoms. The molecule has 6 heteroatoms. The van der Waals surface area contributed by atoms with E-state index in [4.69, 9.17) is 5.26 Å². The van der Waals surface area contributed by atoms with Gasteiger partial charge in [0.25, 0.3) is 5.56 Å².